The monoisotopic (exact) mass is 325 g/mol. The molecule has 2 N–H and O–H groups in total. The molecule has 0 aliphatic carbocycles. The molecule has 0 unspecified atom stereocenters. The maximum absolute atomic E-state index is 11.3. The van der Waals surface area contributed by atoms with Gasteiger partial charge in [-0.05, 0) is 25.5 Å². The molecule has 0 radical (unpaired) electrons. The molecular weight excluding hydrogens is 306 g/mol. The van der Waals surface area contributed by atoms with E-state index in [1.165, 1.54) is 23.6 Å². The molecule has 2 aromatic rings. The van der Waals surface area contributed by atoms with Crippen LogP contribution in [-0.2, 0) is 0 Å². The molecule has 2 atom stereocenters. The van der Waals surface area contributed by atoms with E-state index >= 15 is 0 Å². The van der Waals surface area contributed by atoms with Gasteiger partial charge in [0.2, 0.25) is 5.95 Å². The van der Waals surface area contributed by atoms with Crippen molar-refractivity contribution in [2.24, 2.45) is 0 Å². The van der Waals surface area contributed by atoms with Crippen LogP contribution in [0.1, 0.15) is 22.3 Å². The lowest BCUT2D eigenvalue weighted by Crippen LogP contribution is -2.47. The average molecular weight is 325 g/mol. The van der Waals surface area contributed by atoms with Crippen molar-refractivity contribution in [3.05, 3.63) is 47.8 Å². The topological polar surface area (TPSA) is 81.6 Å². The first-order chi connectivity index (χ1) is 11.7. The Morgan fingerprint density at radius 1 is 1.12 bits per heavy atom. The Bertz CT molecular complexity index is 747. The highest BCUT2D eigenvalue weighted by molar-refractivity contribution is 5.92. The molecule has 2 saturated heterocycles. The van der Waals surface area contributed by atoms with E-state index in [0.29, 0.717) is 18.0 Å². The number of carbonyl (C=O) groups excluding carboxylic acids is 1. The third kappa shape index (κ3) is 2.46. The Hall–Kier alpha value is -2.67. The molecule has 1 aromatic heterocycles. The molecule has 0 saturated carbocycles. The Morgan fingerprint density at radius 3 is 2.33 bits per heavy atom. The first kappa shape index (κ1) is 14.9. The van der Waals surface area contributed by atoms with Crippen molar-refractivity contribution in [2.45, 2.75) is 25.4 Å². The molecule has 124 valence electrons. The molecule has 24 heavy (non-hydrogen) atoms. The number of nitrogens with one attached hydrogen (secondary N) is 1. The SMILES string of the molecule is Cc1ccc(N2C[C@@H]3C[C@@H]2CN3c2ncc(C(=O)NO)cn2)cc1. The number of nitrogens with zero attached hydrogens (tertiary/aromatic N) is 4. The number of fused-ring (bicyclic) bond motifs is 2. The second-order valence-corrected chi connectivity index (χ2v) is 6.40. The zero-order valence-corrected chi connectivity index (χ0v) is 13.4. The predicted octanol–water partition coefficient (Wildman–Crippen LogP) is 1.37. The van der Waals surface area contributed by atoms with Gasteiger partial charge in [-0.15, -0.1) is 0 Å². The summed E-state index contributed by atoms with van der Waals surface area (Å²) in [6.45, 7) is 3.93. The van der Waals surface area contributed by atoms with Crippen molar-refractivity contribution in [1.29, 1.82) is 0 Å². The normalized spacial score (nSPS) is 22.1. The Labute approximate surface area is 139 Å². The quantitative estimate of drug-likeness (QED) is 0.655. The zero-order valence-electron chi connectivity index (χ0n) is 13.4. The Balaban J connectivity index is 1.48. The van der Waals surface area contributed by atoms with Crippen LogP contribution >= 0.6 is 0 Å². The van der Waals surface area contributed by atoms with Gasteiger partial charge in [0, 0.05) is 37.2 Å². The number of hydroxylamine groups is 1. The van der Waals surface area contributed by atoms with Crippen LogP contribution in [0.4, 0.5) is 11.6 Å². The molecule has 2 bridgehead atoms. The fraction of sp³-hybridized carbons (Fsp3) is 0.353. The number of aromatic nitrogens is 2. The summed E-state index contributed by atoms with van der Waals surface area (Å²) in [7, 11) is 0. The zero-order chi connectivity index (χ0) is 16.7. The summed E-state index contributed by atoms with van der Waals surface area (Å²) in [5.74, 6) is 0.0376. The summed E-state index contributed by atoms with van der Waals surface area (Å²) in [5, 5.41) is 8.64. The van der Waals surface area contributed by atoms with Gasteiger partial charge in [-0.3, -0.25) is 10.0 Å². The van der Waals surface area contributed by atoms with Crippen molar-refractivity contribution in [2.75, 3.05) is 22.9 Å². The van der Waals surface area contributed by atoms with Gasteiger partial charge in [0.1, 0.15) is 0 Å². The summed E-state index contributed by atoms with van der Waals surface area (Å²) in [5.41, 5.74) is 4.36. The van der Waals surface area contributed by atoms with E-state index in [2.05, 4.69) is 51.0 Å². The van der Waals surface area contributed by atoms with E-state index in [1.807, 2.05) is 0 Å². The second kappa shape index (κ2) is 5.76. The lowest BCUT2D eigenvalue weighted by Gasteiger charge is -2.35. The van der Waals surface area contributed by atoms with E-state index in [4.69, 9.17) is 5.21 Å². The van der Waals surface area contributed by atoms with Crippen LogP contribution in [-0.4, -0.2) is 46.3 Å². The summed E-state index contributed by atoms with van der Waals surface area (Å²) in [4.78, 5) is 24.6. The summed E-state index contributed by atoms with van der Waals surface area (Å²) in [6, 6.07) is 9.49. The van der Waals surface area contributed by atoms with Crippen LogP contribution in [0.5, 0.6) is 0 Å². The molecule has 1 amide bonds. The van der Waals surface area contributed by atoms with Crippen molar-refractivity contribution in [1.82, 2.24) is 15.4 Å². The van der Waals surface area contributed by atoms with E-state index < -0.39 is 5.91 Å². The van der Waals surface area contributed by atoms with Gasteiger partial charge >= 0.3 is 0 Å². The molecule has 4 rings (SSSR count). The van der Waals surface area contributed by atoms with Crippen LogP contribution in [0.2, 0.25) is 0 Å². The van der Waals surface area contributed by atoms with Gasteiger partial charge in [-0.2, -0.15) is 0 Å². The summed E-state index contributed by atoms with van der Waals surface area (Å²) >= 11 is 0. The van der Waals surface area contributed by atoms with E-state index in [-0.39, 0.29) is 5.56 Å². The third-order valence-electron chi connectivity index (χ3n) is 4.87. The molecule has 7 nitrogen and oxygen atoms in total. The van der Waals surface area contributed by atoms with Gasteiger partial charge in [-0.1, -0.05) is 17.7 Å². The van der Waals surface area contributed by atoms with Gasteiger partial charge in [0.05, 0.1) is 11.6 Å². The standard InChI is InChI=1S/C17H19N5O2/c1-11-2-4-13(5-3-11)21-9-15-6-14(21)10-22(15)17-18-7-12(8-19-17)16(23)20-24/h2-5,7-8,14-15,24H,6,9-10H2,1H3,(H,20,23)/t14-,15+/m1/s1. The van der Waals surface area contributed by atoms with Crippen LogP contribution in [0.15, 0.2) is 36.7 Å². The van der Waals surface area contributed by atoms with E-state index in [9.17, 15) is 4.79 Å². The number of amides is 1. The Kier molecular flexibility index (Phi) is 3.57. The van der Waals surface area contributed by atoms with E-state index in [1.54, 1.807) is 5.48 Å². The van der Waals surface area contributed by atoms with Crippen molar-refractivity contribution >= 4 is 17.5 Å². The second-order valence-electron chi connectivity index (χ2n) is 6.40. The number of aryl methyl sites for hydroxylation is 1. The molecule has 7 heteroatoms. The van der Waals surface area contributed by atoms with Crippen LogP contribution < -0.4 is 15.3 Å². The number of rotatable bonds is 3. The van der Waals surface area contributed by atoms with Gasteiger partial charge in [0.15, 0.2) is 0 Å². The number of hydrogen-bond donors (Lipinski definition) is 2. The van der Waals surface area contributed by atoms with Crippen molar-refractivity contribution < 1.29 is 10.0 Å². The lowest BCUT2D eigenvalue weighted by atomic mass is 10.2. The van der Waals surface area contributed by atoms with Crippen molar-refractivity contribution in [3.63, 3.8) is 0 Å². The number of anilines is 2. The summed E-state index contributed by atoms with van der Waals surface area (Å²) in [6.07, 6.45) is 3.98. The van der Waals surface area contributed by atoms with Gasteiger partial charge in [-0.25, -0.2) is 15.4 Å². The maximum atomic E-state index is 11.3. The molecule has 1 aromatic carbocycles. The van der Waals surface area contributed by atoms with Crippen LogP contribution in [0, 0.1) is 6.92 Å². The highest BCUT2D eigenvalue weighted by Crippen LogP contribution is 2.36. The van der Waals surface area contributed by atoms with Crippen molar-refractivity contribution in [3.8, 4) is 0 Å². The molecular formula is C17H19N5O2. The molecule has 0 spiro atoms. The first-order valence-corrected chi connectivity index (χ1v) is 8.02. The maximum Gasteiger partial charge on any atom is 0.277 e. The smallest absolute Gasteiger partial charge is 0.277 e. The third-order valence-corrected chi connectivity index (χ3v) is 4.87. The number of piperazine rings is 1. The van der Waals surface area contributed by atoms with Crippen LogP contribution in [0.25, 0.3) is 0 Å². The largest absolute Gasteiger partial charge is 0.365 e. The average Bonchev–Trinajstić information content (AvgIpc) is 3.22. The summed E-state index contributed by atoms with van der Waals surface area (Å²) < 4.78 is 0. The predicted molar refractivity (Wildman–Crippen MR) is 89.3 cm³/mol. The number of carbonyl (C=O) groups is 1. The minimum Gasteiger partial charge on any atom is -0.365 e. The number of benzene rings is 1. The highest BCUT2D eigenvalue weighted by Gasteiger charge is 2.44. The Morgan fingerprint density at radius 2 is 1.75 bits per heavy atom. The molecule has 2 fully saturated rings. The minimum atomic E-state index is -0.602. The minimum absolute atomic E-state index is 0.242. The van der Waals surface area contributed by atoms with Gasteiger partial charge in [0.25, 0.3) is 5.91 Å². The lowest BCUT2D eigenvalue weighted by molar-refractivity contribution is 0.0705. The fourth-order valence-electron chi connectivity index (χ4n) is 3.62. The van der Waals surface area contributed by atoms with E-state index in [0.717, 1.165) is 19.5 Å². The first-order valence-electron chi connectivity index (χ1n) is 8.02. The van der Waals surface area contributed by atoms with Gasteiger partial charge < -0.3 is 9.80 Å². The number of hydrogen-bond acceptors (Lipinski definition) is 6. The molecule has 3 heterocycles. The molecule has 2 aliphatic rings. The molecule has 2 aliphatic heterocycles. The fourth-order valence-corrected chi connectivity index (χ4v) is 3.62. The van der Waals surface area contributed by atoms with Crippen LogP contribution in [0.3, 0.4) is 0 Å². The highest BCUT2D eigenvalue weighted by atomic mass is 16.5.